The van der Waals surface area contributed by atoms with Gasteiger partial charge in [-0.25, -0.2) is 19.2 Å². The first-order valence-electron chi connectivity index (χ1n) is 12.4. The first-order valence-corrected chi connectivity index (χ1v) is 15.7. The van der Waals surface area contributed by atoms with E-state index in [0.29, 0.717) is 5.69 Å². The second kappa shape index (κ2) is 11.9. The fraction of sp³-hybridized carbons (Fsp3) is 0.520. The number of pyridine rings is 2. The smallest absolute Gasteiger partial charge is 0.408 e. The van der Waals surface area contributed by atoms with Gasteiger partial charge in [-0.1, -0.05) is 32.4 Å². The number of halogens is 2. The van der Waals surface area contributed by atoms with Crippen LogP contribution in [0.1, 0.15) is 41.5 Å². The number of hydrogen-bond donors (Lipinski definition) is 1. The van der Waals surface area contributed by atoms with E-state index in [-0.39, 0.29) is 40.7 Å². The zero-order valence-electron chi connectivity index (χ0n) is 23.5. The third-order valence-corrected chi connectivity index (χ3v) is 10.7. The van der Waals surface area contributed by atoms with E-state index in [4.69, 9.17) is 25.5 Å². The van der Waals surface area contributed by atoms with E-state index in [1.54, 1.807) is 32.9 Å². The van der Waals surface area contributed by atoms with Crippen LogP contribution in [0.2, 0.25) is 23.2 Å². The fourth-order valence-electron chi connectivity index (χ4n) is 2.92. The number of carbonyl (C=O) groups excluding carboxylic acids is 1. The number of carbonyl (C=O) groups is 1. The summed E-state index contributed by atoms with van der Waals surface area (Å²) < 4.78 is 31.2. The highest BCUT2D eigenvalue weighted by Gasteiger charge is 2.38. The second-order valence-corrected chi connectivity index (χ2v) is 16.7. The minimum atomic E-state index is -2.08. The van der Waals surface area contributed by atoms with Crippen molar-refractivity contribution in [3.05, 3.63) is 41.4 Å². The first-order chi connectivity index (χ1) is 18.0. The standard InChI is InChI=1S/C25H35ClFN7O4Si/c1-24(2,3)38-23(35)30-17(15-36-39(7,8)25(4,5)6)14-34-32-21(31-33-34)20-10-9-18(13-28-20)37-22-19(27)11-16(26)12-29-22/h9-13,17H,14-15H2,1-8H3,(H,30,35). The maximum absolute atomic E-state index is 14.0. The van der Waals surface area contributed by atoms with E-state index in [2.05, 4.69) is 64.6 Å². The SMILES string of the molecule is CC(C)(C)OC(=O)NC(CO[Si](C)(C)C(C)(C)C)Cn1nnc(-c2ccc(Oc3ncc(Cl)cc3F)cn2)n1. The number of hydrogen-bond acceptors (Lipinski definition) is 9. The molecule has 3 aromatic rings. The van der Waals surface area contributed by atoms with Crippen LogP contribution >= 0.6 is 11.6 Å². The molecule has 0 aliphatic rings. The molecule has 1 N–H and O–H groups in total. The van der Waals surface area contributed by atoms with Crippen molar-refractivity contribution in [1.82, 2.24) is 35.5 Å². The van der Waals surface area contributed by atoms with Gasteiger partial charge in [-0.2, -0.15) is 4.80 Å². The minimum absolute atomic E-state index is 0.000912. The molecule has 1 amide bonds. The zero-order valence-corrected chi connectivity index (χ0v) is 25.2. The molecule has 0 aliphatic carbocycles. The summed E-state index contributed by atoms with van der Waals surface area (Å²) in [6.45, 7) is 16.6. The number of alkyl carbamates (subject to hydrolysis) is 1. The van der Waals surface area contributed by atoms with Crippen LogP contribution in [0.5, 0.6) is 11.6 Å². The molecular formula is C25H35ClFN7O4Si. The minimum Gasteiger partial charge on any atom is -0.444 e. The van der Waals surface area contributed by atoms with Crippen molar-refractivity contribution in [1.29, 1.82) is 0 Å². The van der Waals surface area contributed by atoms with Crippen molar-refractivity contribution in [2.24, 2.45) is 0 Å². The van der Waals surface area contributed by atoms with Crippen molar-refractivity contribution in [3.8, 4) is 23.1 Å². The molecule has 0 saturated carbocycles. The van der Waals surface area contributed by atoms with Gasteiger partial charge in [0.2, 0.25) is 5.82 Å². The molecule has 0 aromatic carbocycles. The fourth-order valence-corrected chi connectivity index (χ4v) is 4.12. The number of amides is 1. The molecule has 3 aromatic heterocycles. The van der Waals surface area contributed by atoms with Gasteiger partial charge in [0.25, 0.3) is 5.88 Å². The Bertz CT molecular complexity index is 1280. The van der Waals surface area contributed by atoms with Crippen LogP contribution in [0.15, 0.2) is 30.6 Å². The van der Waals surface area contributed by atoms with E-state index in [0.717, 1.165) is 6.07 Å². The number of rotatable bonds is 9. The third-order valence-electron chi connectivity index (χ3n) is 5.96. The molecule has 1 unspecified atom stereocenters. The van der Waals surface area contributed by atoms with Crippen LogP contribution in [0, 0.1) is 5.82 Å². The quantitative estimate of drug-likeness (QED) is 0.321. The lowest BCUT2D eigenvalue weighted by atomic mass is 10.2. The predicted octanol–water partition coefficient (Wildman–Crippen LogP) is 5.63. The summed E-state index contributed by atoms with van der Waals surface area (Å²) in [6, 6.07) is 3.83. The van der Waals surface area contributed by atoms with Crippen LogP contribution in [0.25, 0.3) is 11.5 Å². The average molecular weight is 580 g/mol. The predicted molar refractivity (Wildman–Crippen MR) is 147 cm³/mol. The average Bonchev–Trinajstić information content (AvgIpc) is 3.26. The molecule has 3 rings (SSSR count). The monoisotopic (exact) mass is 579 g/mol. The van der Waals surface area contributed by atoms with E-state index in [1.165, 1.54) is 17.2 Å². The van der Waals surface area contributed by atoms with E-state index >= 15 is 0 Å². The van der Waals surface area contributed by atoms with Crippen molar-refractivity contribution in [2.75, 3.05) is 6.61 Å². The summed E-state index contributed by atoms with van der Waals surface area (Å²) in [6.07, 6.45) is 2.12. The summed E-state index contributed by atoms with van der Waals surface area (Å²) in [5.74, 6) is -0.382. The van der Waals surface area contributed by atoms with Crippen LogP contribution in [0.3, 0.4) is 0 Å². The normalized spacial score (nSPS) is 13.2. The van der Waals surface area contributed by atoms with Gasteiger partial charge in [-0.3, -0.25) is 0 Å². The van der Waals surface area contributed by atoms with E-state index in [9.17, 15) is 9.18 Å². The van der Waals surface area contributed by atoms with Gasteiger partial charge < -0.3 is 19.2 Å². The van der Waals surface area contributed by atoms with Gasteiger partial charge in [0.15, 0.2) is 14.1 Å². The Kier molecular flexibility index (Phi) is 9.29. The number of ether oxygens (including phenoxy) is 2. The summed E-state index contributed by atoms with van der Waals surface area (Å²) in [5, 5.41) is 15.6. The molecular weight excluding hydrogens is 545 g/mol. The highest BCUT2D eigenvalue weighted by molar-refractivity contribution is 6.74. The van der Waals surface area contributed by atoms with E-state index < -0.39 is 31.9 Å². The Morgan fingerprint density at radius 2 is 1.87 bits per heavy atom. The maximum Gasteiger partial charge on any atom is 0.408 e. The Morgan fingerprint density at radius 1 is 1.15 bits per heavy atom. The van der Waals surface area contributed by atoms with Crippen LogP contribution in [-0.2, 0) is 15.7 Å². The van der Waals surface area contributed by atoms with Crippen molar-refractivity contribution in [2.45, 2.75) is 77.9 Å². The molecule has 0 spiro atoms. The summed E-state index contributed by atoms with van der Waals surface area (Å²) in [4.78, 5) is 22.0. The topological polar surface area (TPSA) is 126 Å². The lowest BCUT2D eigenvalue weighted by molar-refractivity contribution is 0.0475. The van der Waals surface area contributed by atoms with Crippen LogP contribution in [0.4, 0.5) is 9.18 Å². The molecule has 39 heavy (non-hydrogen) atoms. The Hall–Kier alpha value is -3.16. The van der Waals surface area contributed by atoms with Crippen molar-refractivity contribution < 1.29 is 23.1 Å². The Labute approximate surface area is 233 Å². The first kappa shape index (κ1) is 30.4. The maximum atomic E-state index is 14.0. The number of tetrazole rings is 1. The number of nitrogens with one attached hydrogen (secondary N) is 1. The third kappa shape index (κ3) is 8.94. The lowest BCUT2D eigenvalue weighted by Crippen LogP contribution is -2.48. The zero-order chi connectivity index (χ0) is 29.0. The van der Waals surface area contributed by atoms with Crippen molar-refractivity contribution in [3.63, 3.8) is 0 Å². The molecule has 14 heteroatoms. The second-order valence-electron chi connectivity index (χ2n) is 11.5. The highest BCUT2D eigenvalue weighted by atomic mass is 35.5. The lowest BCUT2D eigenvalue weighted by Gasteiger charge is -2.37. The Morgan fingerprint density at radius 3 is 2.46 bits per heavy atom. The van der Waals surface area contributed by atoms with Gasteiger partial charge in [-0.15, -0.1) is 10.2 Å². The largest absolute Gasteiger partial charge is 0.444 e. The number of nitrogens with zero attached hydrogens (tertiary/aromatic N) is 6. The van der Waals surface area contributed by atoms with Crippen LogP contribution in [-0.4, -0.2) is 62.8 Å². The van der Waals surface area contributed by atoms with Gasteiger partial charge in [-0.05, 0) is 62.3 Å². The molecule has 0 bridgehead atoms. The molecule has 0 fully saturated rings. The van der Waals surface area contributed by atoms with Crippen molar-refractivity contribution >= 4 is 26.0 Å². The summed E-state index contributed by atoms with van der Waals surface area (Å²) in [7, 11) is -2.08. The Balaban J connectivity index is 1.71. The molecule has 3 heterocycles. The molecule has 0 radical (unpaired) electrons. The molecule has 11 nitrogen and oxygen atoms in total. The van der Waals surface area contributed by atoms with Gasteiger partial charge in [0, 0.05) is 6.20 Å². The van der Waals surface area contributed by atoms with Gasteiger partial charge in [0.1, 0.15) is 17.0 Å². The molecule has 1 atom stereocenters. The molecule has 0 aliphatic heterocycles. The van der Waals surface area contributed by atoms with Crippen LogP contribution < -0.4 is 10.1 Å². The molecule has 0 saturated heterocycles. The van der Waals surface area contributed by atoms with E-state index in [1.807, 2.05) is 0 Å². The van der Waals surface area contributed by atoms with Gasteiger partial charge >= 0.3 is 6.09 Å². The molecule has 212 valence electrons. The van der Waals surface area contributed by atoms with Gasteiger partial charge in [0.05, 0.1) is 30.4 Å². The number of aromatic nitrogens is 6. The summed E-state index contributed by atoms with van der Waals surface area (Å²) >= 11 is 5.72. The summed E-state index contributed by atoms with van der Waals surface area (Å²) in [5.41, 5.74) is -0.225. The highest BCUT2D eigenvalue weighted by Crippen LogP contribution is 2.36.